The van der Waals surface area contributed by atoms with Crippen molar-refractivity contribution in [3.05, 3.63) is 29.8 Å². The molecule has 2 unspecified atom stereocenters. The van der Waals surface area contributed by atoms with Gasteiger partial charge in [-0.1, -0.05) is 18.6 Å². The standard InChI is InChI=1S/C15H20O4S/c1-19-12-7-5-11(6-8-12)15(16)9-13-3-2-4-14(10-15)20(13,17)18/h5-8,13-14,16H,2-4,9-10H2,1H3. The molecule has 2 atom stereocenters. The molecule has 2 aliphatic rings. The second-order valence-corrected chi connectivity index (χ2v) is 8.44. The topological polar surface area (TPSA) is 63.6 Å². The number of hydrogen-bond acceptors (Lipinski definition) is 4. The Balaban J connectivity index is 1.93. The molecule has 0 spiro atoms. The highest BCUT2D eigenvalue weighted by Gasteiger charge is 2.50. The molecule has 1 aromatic carbocycles. The molecule has 2 heterocycles. The maximum Gasteiger partial charge on any atom is 0.156 e. The lowest BCUT2D eigenvalue weighted by Crippen LogP contribution is -2.50. The number of hydrogen-bond donors (Lipinski definition) is 1. The molecule has 1 N–H and O–H groups in total. The molecule has 20 heavy (non-hydrogen) atoms. The van der Waals surface area contributed by atoms with E-state index in [2.05, 4.69) is 0 Å². The van der Waals surface area contributed by atoms with E-state index in [1.165, 1.54) is 0 Å². The van der Waals surface area contributed by atoms with Crippen LogP contribution in [0.3, 0.4) is 0 Å². The maximum absolute atomic E-state index is 12.3. The van der Waals surface area contributed by atoms with E-state index in [-0.39, 0.29) is 10.5 Å². The molecular formula is C15H20O4S. The zero-order valence-corrected chi connectivity index (χ0v) is 12.4. The van der Waals surface area contributed by atoms with Gasteiger partial charge in [-0.2, -0.15) is 0 Å². The van der Waals surface area contributed by atoms with Crippen molar-refractivity contribution < 1.29 is 18.3 Å². The van der Waals surface area contributed by atoms with Gasteiger partial charge in [-0.15, -0.1) is 0 Å². The third-order valence-electron chi connectivity index (χ3n) is 4.74. The van der Waals surface area contributed by atoms with Gasteiger partial charge in [0, 0.05) is 0 Å². The number of rotatable bonds is 2. The summed E-state index contributed by atoms with van der Waals surface area (Å²) in [6.07, 6.45) is 2.94. The molecule has 2 aliphatic heterocycles. The van der Waals surface area contributed by atoms with Gasteiger partial charge >= 0.3 is 0 Å². The number of sulfone groups is 1. The predicted octanol–water partition coefficient (Wildman–Crippen LogP) is 2.01. The third-order valence-corrected chi connectivity index (χ3v) is 7.40. The maximum atomic E-state index is 12.3. The van der Waals surface area contributed by atoms with Gasteiger partial charge in [0.25, 0.3) is 0 Å². The minimum absolute atomic E-state index is 0.318. The number of ether oxygens (including phenoxy) is 1. The van der Waals surface area contributed by atoms with Gasteiger partial charge in [0.15, 0.2) is 9.84 Å². The van der Waals surface area contributed by atoms with Crippen molar-refractivity contribution in [2.24, 2.45) is 0 Å². The van der Waals surface area contributed by atoms with E-state index in [1.54, 1.807) is 7.11 Å². The fraction of sp³-hybridized carbons (Fsp3) is 0.600. The van der Waals surface area contributed by atoms with Crippen molar-refractivity contribution in [2.75, 3.05) is 7.11 Å². The minimum Gasteiger partial charge on any atom is -0.497 e. The van der Waals surface area contributed by atoms with Crippen LogP contribution in [0.25, 0.3) is 0 Å². The summed E-state index contributed by atoms with van der Waals surface area (Å²) in [6.45, 7) is 0. The fourth-order valence-electron chi connectivity index (χ4n) is 3.58. The van der Waals surface area contributed by atoms with Crippen LogP contribution in [0.15, 0.2) is 24.3 Å². The molecule has 0 aromatic heterocycles. The van der Waals surface area contributed by atoms with E-state index in [9.17, 15) is 13.5 Å². The van der Waals surface area contributed by atoms with E-state index in [4.69, 9.17) is 4.74 Å². The van der Waals surface area contributed by atoms with Gasteiger partial charge in [0.05, 0.1) is 23.2 Å². The average Bonchev–Trinajstić information content (AvgIpc) is 2.41. The van der Waals surface area contributed by atoms with E-state index < -0.39 is 15.4 Å². The summed E-state index contributed by atoms with van der Waals surface area (Å²) in [5.74, 6) is 0.737. The van der Waals surface area contributed by atoms with Gasteiger partial charge in [0.2, 0.25) is 0 Å². The Morgan fingerprint density at radius 3 is 2.20 bits per heavy atom. The van der Waals surface area contributed by atoms with Crippen molar-refractivity contribution in [2.45, 2.75) is 48.2 Å². The third kappa shape index (κ3) is 2.13. The molecule has 0 radical (unpaired) electrons. The molecular weight excluding hydrogens is 276 g/mol. The van der Waals surface area contributed by atoms with Crippen LogP contribution in [0.5, 0.6) is 5.75 Å². The van der Waals surface area contributed by atoms with Gasteiger partial charge in [0.1, 0.15) is 5.75 Å². The van der Waals surface area contributed by atoms with Crippen LogP contribution in [-0.2, 0) is 15.4 Å². The first-order valence-corrected chi connectivity index (χ1v) is 8.66. The van der Waals surface area contributed by atoms with Crippen LogP contribution >= 0.6 is 0 Å². The molecule has 2 saturated heterocycles. The molecule has 0 saturated carbocycles. The van der Waals surface area contributed by atoms with Crippen molar-refractivity contribution in [1.29, 1.82) is 0 Å². The van der Waals surface area contributed by atoms with Crippen LogP contribution < -0.4 is 4.74 Å². The van der Waals surface area contributed by atoms with Crippen LogP contribution in [0.2, 0.25) is 0 Å². The zero-order chi connectivity index (χ0) is 14.4. The molecule has 4 nitrogen and oxygen atoms in total. The Kier molecular flexibility index (Phi) is 3.29. The smallest absolute Gasteiger partial charge is 0.156 e. The fourth-order valence-corrected chi connectivity index (χ4v) is 6.13. The van der Waals surface area contributed by atoms with Crippen LogP contribution in [-0.4, -0.2) is 31.1 Å². The van der Waals surface area contributed by atoms with Crippen LogP contribution in [0.1, 0.15) is 37.7 Å². The lowest BCUT2D eigenvalue weighted by Gasteiger charge is -2.44. The largest absolute Gasteiger partial charge is 0.497 e. The summed E-state index contributed by atoms with van der Waals surface area (Å²) in [5.41, 5.74) is -0.224. The first kappa shape index (κ1) is 13.9. The lowest BCUT2D eigenvalue weighted by atomic mass is 9.80. The molecule has 0 amide bonds. The zero-order valence-electron chi connectivity index (χ0n) is 11.6. The molecule has 0 aliphatic carbocycles. The van der Waals surface area contributed by atoms with Crippen molar-refractivity contribution in [3.8, 4) is 5.75 Å². The highest BCUT2D eigenvalue weighted by atomic mass is 32.2. The Morgan fingerprint density at radius 1 is 1.15 bits per heavy atom. The first-order chi connectivity index (χ1) is 9.45. The number of fused-ring (bicyclic) bond motifs is 2. The van der Waals surface area contributed by atoms with Crippen molar-refractivity contribution in [1.82, 2.24) is 0 Å². The Bertz CT molecular complexity index is 571. The summed E-state index contributed by atoms with van der Waals surface area (Å²) >= 11 is 0. The van der Waals surface area contributed by atoms with Crippen LogP contribution in [0, 0.1) is 0 Å². The second kappa shape index (κ2) is 4.74. The van der Waals surface area contributed by atoms with E-state index in [0.717, 1.165) is 17.7 Å². The summed E-state index contributed by atoms with van der Waals surface area (Å²) < 4.78 is 29.7. The summed E-state index contributed by atoms with van der Waals surface area (Å²) in [5, 5.41) is 10.2. The van der Waals surface area contributed by atoms with Gasteiger partial charge in [-0.05, 0) is 43.4 Å². The molecule has 110 valence electrons. The molecule has 5 heteroatoms. The highest BCUT2D eigenvalue weighted by molar-refractivity contribution is 7.92. The Hall–Kier alpha value is -1.07. The van der Waals surface area contributed by atoms with E-state index in [0.29, 0.717) is 25.7 Å². The number of benzene rings is 1. The first-order valence-electron chi connectivity index (χ1n) is 7.05. The molecule has 2 bridgehead atoms. The van der Waals surface area contributed by atoms with Gasteiger partial charge in [-0.3, -0.25) is 0 Å². The SMILES string of the molecule is COc1ccc(C2(O)CC3CCCC(C2)S3(=O)=O)cc1. The summed E-state index contributed by atoms with van der Waals surface area (Å²) in [6, 6.07) is 7.30. The van der Waals surface area contributed by atoms with Gasteiger partial charge < -0.3 is 9.84 Å². The summed E-state index contributed by atoms with van der Waals surface area (Å²) in [4.78, 5) is 0. The quantitative estimate of drug-likeness (QED) is 0.907. The second-order valence-electron chi connectivity index (χ2n) is 5.93. The van der Waals surface area contributed by atoms with Gasteiger partial charge in [-0.25, -0.2) is 8.42 Å². The van der Waals surface area contributed by atoms with Crippen molar-refractivity contribution >= 4 is 9.84 Å². The number of methoxy groups -OCH3 is 1. The highest BCUT2D eigenvalue weighted by Crippen LogP contribution is 2.46. The summed E-state index contributed by atoms with van der Waals surface area (Å²) in [7, 11) is -1.44. The molecule has 1 aromatic rings. The lowest BCUT2D eigenvalue weighted by molar-refractivity contribution is 0.00498. The van der Waals surface area contributed by atoms with E-state index in [1.807, 2.05) is 24.3 Å². The monoisotopic (exact) mass is 296 g/mol. The Morgan fingerprint density at radius 2 is 1.70 bits per heavy atom. The van der Waals surface area contributed by atoms with E-state index >= 15 is 0 Å². The molecule has 3 rings (SSSR count). The Labute approximate surface area is 119 Å². The minimum atomic E-state index is -3.04. The molecule has 2 fully saturated rings. The predicted molar refractivity (Wildman–Crippen MR) is 76.5 cm³/mol. The number of aliphatic hydroxyl groups is 1. The van der Waals surface area contributed by atoms with Crippen LogP contribution in [0.4, 0.5) is 0 Å². The normalized spacial score (nSPS) is 35.5. The van der Waals surface area contributed by atoms with Crippen molar-refractivity contribution in [3.63, 3.8) is 0 Å². The average molecular weight is 296 g/mol.